The van der Waals surface area contributed by atoms with Crippen molar-refractivity contribution in [3.8, 4) is 0 Å². The number of likely N-dealkylation sites (tertiary alicyclic amines) is 1. The summed E-state index contributed by atoms with van der Waals surface area (Å²) in [6.07, 6.45) is 12.3. The van der Waals surface area contributed by atoms with Crippen LogP contribution in [0.25, 0.3) is 0 Å². The normalized spacial score (nSPS) is 26.2. The largest absolute Gasteiger partial charge is 0.355 e. The molecule has 1 aliphatic heterocycles. The number of carbonyl (C=O) groups is 1. The van der Waals surface area contributed by atoms with Gasteiger partial charge in [0.25, 0.3) is 0 Å². The topological polar surface area (TPSA) is 32.3 Å². The predicted molar refractivity (Wildman–Crippen MR) is 69.7 cm³/mol. The molecule has 2 aliphatic rings. The molecule has 3 heteroatoms. The first kappa shape index (κ1) is 12.4. The number of allylic oxidation sites excluding steroid dienone is 1. The second kappa shape index (κ2) is 6.01. The van der Waals surface area contributed by atoms with Crippen LogP contribution in [0.5, 0.6) is 0 Å². The first-order valence-corrected chi connectivity index (χ1v) is 6.63. The number of carbonyl (C=O) groups excluding carboxylic acids is 1. The van der Waals surface area contributed by atoms with Crippen molar-refractivity contribution in [2.45, 2.75) is 38.1 Å². The van der Waals surface area contributed by atoms with Crippen molar-refractivity contribution in [2.24, 2.45) is 0 Å². The summed E-state index contributed by atoms with van der Waals surface area (Å²) in [5, 5.41) is 2.73. The highest BCUT2D eigenvalue weighted by Gasteiger charge is 2.20. The Kier molecular flexibility index (Phi) is 4.37. The summed E-state index contributed by atoms with van der Waals surface area (Å²) in [6, 6.07) is 0.418. The fourth-order valence-electron chi connectivity index (χ4n) is 2.65. The standard InChI is InChI=1S/C14H22N2O/c1-15-14(17)12-7-3-4-8-13(11-12)16-9-5-2-6-10-16/h3-4,11,13H,2,5-10H2,1H3,(H,15,17). The molecule has 0 radical (unpaired) electrons. The second-order valence-corrected chi connectivity index (χ2v) is 4.85. The van der Waals surface area contributed by atoms with Crippen LogP contribution in [-0.4, -0.2) is 37.0 Å². The minimum atomic E-state index is 0.0681. The lowest BCUT2D eigenvalue weighted by molar-refractivity contribution is -0.117. The van der Waals surface area contributed by atoms with Crippen molar-refractivity contribution in [1.82, 2.24) is 10.2 Å². The van der Waals surface area contributed by atoms with E-state index >= 15 is 0 Å². The molecule has 2 rings (SSSR count). The Morgan fingerprint density at radius 3 is 2.76 bits per heavy atom. The van der Waals surface area contributed by atoms with E-state index in [1.165, 1.54) is 32.4 Å². The molecule has 1 saturated heterocycles. The van der Waals surface area contributed by atoms with E-state index < -0.39 is 0 Å². The molecule has 94 valence electrons. The summed E-state index contributed by atoms with van der Waals surface area (Å²) in [5.74, 6) is 0.0681. The molecule has 1 atom stereocenters. The summed E-state index contributed by atoms with van der Waals surface area (Å²) >= 11 is 0. The molecule has 1 heterocycles. The highest BCUT2D eigenvalue weighted by Crippen LogP contribution is 2.20. The molecule has 0 bridgehead atoms. The van der Waals surface area contributed by atoms with E-state index in [0.29, 0.717) is 6.04 Å². The first-order valence-electron chi connectivity index (χ1n) is 6.63. The Morgan fingerprint density at radius 2 is 2.06 bits per heavy atom. The molecule has 1 N–H and O–H groups in total. The van der Waals surface area contributed by atoms with Gasteiger partial charge >= 0.3 is 0 Å². The van der Waals surface area contributed by atoms with Crippen molar-refractivity contribution in [3.63, 3.8) is 0 Å². The maximum atomic E-state index is 11.7. The lowest BCUT2D eigenvalue weighted by Crippen LogP contribution is -2.38. The third-order valence-electron chi connectivity index (χ3n) is 3.65. The van der Waals surface area contributed by atoms with E-state index in [0.717, 1.165) is 18.4 Å². The SMILES string of the molecule is CNC(=O)C1=CC(N2CCCCC2)CC=CC1. The Bertz CT molecular complexity index is 327. The lowest BCUT2D eigenvalue weighted by atomic mass is 10.0. The van der Waals surface area contributed by atoms with Gasteiger partial charge in [0.1, 0.15) is 0 Å². The van der Waals surface area contributed by atoms with Crippen LogP contribution in [0.3, 0.4) is 0 Å². The van der Waals surface area contributed by atoms with Gasteiger partial charge in [-0.1, -0.05) is 24.6 Å². The van der Waals surface area contributed by atoms with Crippen LogP contribution in [0.4, 0.5) is 0 Å². The number of amides is 1. The fourth-order valence-corrected chi connectivity index (χ4v) is 2.65. The van der Waals surface area contributed by atoms with Crippen LogP contribution in [-0.2, 0) is 4.79 Å². The monoisotopic (exact) mass is 234 g/mol. The van der Waals surface area contributed by atoms with Crippen molar-refractivity contribution in [1.29, 1.82) is 0 Å². The molecule has 0 spiro atoms. The highest BCUT2D eigenvalue weighted by molar-refractivity contribution is 5.93. The predicted octanol–water partition coefficient (Wildman–Crippen LogP) is 1.86. The lowest BCUT2D eigenvalue weighted by Gasteiger charge is -2.32. The summed E-state index contributed by atoms with van der Waals surface area (Å²) in [6.45, 7) is 2.35. The number of likely N-dealkylation sites (N-methyl/N-ethyl adjacent to an activating group) is 1. The summed E-state index contributed by atoms with van der Waals surface area (Å²) in [5.41, 5.74) is 0.914. The molecule has 1 aliphatic carbocycles. The van der Waals surface area contributed by atoms with E-state index in [-0.39, 0.29) is 5.91 Å². The molecule has 0 aromatic carbocycles. The fraction of sp³-hybridized carbons (Fsp3) is 0.643. The minimum absolute atomic E-state index is 0.0681. The van der Waals surface area contributed by atoms with Gasteiger partial charge in [0, 0.05) is 18.7 Å². The number of piperidine rings is 1. The van der Waals surface area contributed by atoms with Gasteiger partial charge in [0.2, 0.25) is 5.91 Å². The van der Waals surface area contributed by atoms with Gasteiger partial charge < -0.3 is 5.32 Å². The van der Waals surface area contributed by atoms with Crippen LogP contribution in [0.1, 0.15) is 32.1 Å². The Balaban J connectivity index is 2.09. The van der Waals surface area contributed by atoms with E-state index in [2.05, 4.69) is 28.4 Å². The molecule has 0 aromatic heterocycles. The van der Waals surface area contributed by atoms with Crippen LogP contribution in [0, 0.1) is 0 Å². The average Bonchev–Trinajstić information content (AvgIpc) is 2.64. The van der Waals surface area contributed by atoms with E-state index in [9.17, 15) is 4.79 Å². The summed E-state index contributed by atoms with van der Waals surface area (Å²) < 4.78 is 0. The molecule has 1 amide bonds. The Morgan fingerprint density at radius 1 is 1.29 bits per heavy atom. The van der Waals surface area contributed by atoms with E-state index in [4.69, 9.17) is 0 Å². The molecule has 3 nitrogen and oxygen atoms in total. The quantitative estimate of drug-likeness (QED) is 0.740. The zero-order chi connectivity index (χ0) is 12.1. The summed E-state index contributed by atoms with van der Waals surface area (Å²) in [7, 11) is 1.70. The third-order valence-corrected chi connectivity index (χ3v) is 3.65. The number of nitrogens with zero attached hydrogens (tertiary/aromatic N) is 1. The molecule has 1 fully saturated rings. The van der Waals surface area contributed by atoms with Crippen LogP contribution in [0.15, 0.2) is 23.8 Å². The molecule has 1 unspecified atom stereocenters. The Labute approximate surface area is 104 Å². The zero-order valence-electron chi connectivity index (χ0n) is 10.6. The molecule has 0 aromatic rings. The zero-order valence-corrected chi connectivity index (χ0v) is 10.6. The maximum Gasteiger partial charge on any atom is 0.246 e. The van der Waals surface area contributed by atoms with Crippen molar-refractivity contribution >= 4 is 5.91 Å². The first-order chi connectivity index (χ1) is 8.31. The number of hydrogen-bond donors (Lipinski definition) is 1. The third kappa shape index (κ3) is 3.19. The number of nitrogens with one attached hydrogen (secondary N) is 1. The van der Waals surface area contributed by atoms with Gasteiger partial charge in [-0.3, -0.25) is 9.69 Å². The summed E-state index contributed by atoms with van der Waals surface area (Å²) in [4.78, 5) is 14.2. The van der Waals surface area contributed by atoms with Gasteiger partial charge in [0.05, 0.1) is 0 Å². The highest BCUT2D eigenvalue weighted by atomic mass is 16.1. The van der Waals surface area contributed by atoms with Crippen LogP contribution >= 0.6 is 0 Å². The Hall–Kier alpha value is -1.09. The maximum absolute atomic E-state index is 11.7. The molecule has 17 heavy (non-hydrogen) atoms. The van der Waals surface area contributed by atoms with Gasteiger partial charge in [0.15, 0.2) is 0 Å². The van der Waals surface area contributed by atoms with Crippen molar-refractivity contribution < 1.29 is 4.79 Å². The van der Waals surface area contributed by atoms with E-state index in [1.54, 1.807) is 7.05 Å². The van der Waals surface area contributed by atoms with Gasteiger partial charge in [-0.2, -0.15) is 0 Å². The molecule has 0 saturated carbocycles. The van der Waals surface area contributed by atoms with Crippen LogP contribution in [0.2, 0.25) is 0 Å². The van der Waals surface area contributed by atoms with Crippen molar-refractivity contribution in [2.75, 3.05) is 20.1 Å². The van der Waals surface area contributed by atoms with Crippen LogP contribution < -0.4 is 5.32 Å². The van der Waals surface area contributed by atoms with Gasteiger partial charge in [-0.15, -0.1) is 0 Å². The smallest absolute Gasteiger partial charge is 0.246 e. The average molecular weight is 234 g/mol. The van der Waals surface area contributed by atoms with Gasteiger partial charge in [-0.25, -0.2) is 0 Å². The van der Waals surface area contributed by atoms with Crippen molar-refractivity contribution in [3.05, 3.63) is 23.8 Å². The second-order valence-electron chi connectivity index (χ2n) is 4.85. The molecular weight excluding hydrogens is 212 g/mol. The minimum Gasteiger partial charge on any atom is -0.355 e. The molecular formula is C14H22N2O. The number of rotatable bonds is 2. The number of hydrogen-bond acceptors (Lipinski definition) is 2. The van der Waals surface area contributed by atoms with Gasteiger partial charge in [-0.05, 0) is 38.8 Å². The van der Waals surface area contributed by atoms with E-state index in [1.807, 2.05) is 0 Å².